The van der Waals surface area contributed by atoms with E-state index >= 15 is 0 Å². The average Bonchev–Trinajstić information content (AvgIpc) is 2.15. The molecule has 1 N–H and O–H groups in total. The molecule has 0 bridgehead atoms. The second kappa shape index (κ2) is 4.15. The SMILES string of the molecule is COC(C)(OC)C(O)(OC)OC. The van der Waals surface area contributed by atoms with Crippen molar-refractivity contribution in [3.8, 4) is 0 Å². The lowest BCUT2D eigenvalue weighted by Gasteiger charge is -2.38. The molecule has 0 amide bonds. The predicted molar refractivity (Wildman–Crippen MR) is 41.4 cm³/mol. The van der Waals surface area contributed by atoms with Crippen LogP contribution in [0.1, 0.15) is 6.92 Å². The second-order valence-electron chi connectivity index (χ2n) is 2.34. The van der Waals surface area contributed by atoms with Crippen molar-refractivity contribution in [3.63, 3.8) is 0 Å². The van der Waals surface area contributed by atoms with Gasteiger partial charge in [0.15, 0.2) is 0 Å². The highest BCUT2D eigenvalue weighted by Gasteiger charge is 2.50. The molecule has 0 aliphatic carbocycles. The minimum atomic E-state index is -1.91. The first-order valence-electron chi connectivity index (χ1n) is 3.42. The molecule has 0 spiro atoms. The zero-order valence-corrected chi connectivity index (χ0v) is 8.08. The lowest BCUT2D eigenvalue weighted by Crippen LogP contribution is -2.57. The summed E-state index contributed by atoms with van der Waals surface area (Å²) >= 11 is 0. The Morgan fingerprint density at radius 1 is 0.833 bits per heavy atom. The highest BCUT2D eigenvalue weighted by molar-refractivity contribution is 4.73. The molecule has 0 fully saturated rings. The number of rotatable bonds is 5. The third kappa shape index (κ3) is 1.75. The molecule has 0 heterocycles. The normalized spacial score (nSPS) is 13.5. The summed E-state index contributed by atoms with van der Waals surface area (Å²) in [5, 5.41) is 9.65. The molecule has 0 unspecified atom stereocenters. The number of ether oxygens (including phenoxy) is 4. The monoisotopic (exact) mass is 180 g/mol. The van der Waals surface area contributed by atoms with Gasteiger partial charge >= 0.3 is 5.97 Å². The van der Waals surface area contributed by atoms with Crippen LogP contribution in [0.2, 0.25) is 0 Å². The van der Waals surface area contributed by atoms with Crippen LogP contribution in [0, 0.1) is 0 Å². The van der Waals surface area contributed by atoms with E-state index in [0.29, 0.717) is 0 Å². The standard InChI is InChI=1S/C7H16O5/c1-6(9-2,10-3)7(8,11-4)12-5/h8H,1-5H3. The third-order valence-electron chi connectivity index (χ3n) is 1.91. The molecule has 0 atom stereocenters. The first-order chi connectivity index (χ1) is 5.49. The predicted octanol–water partition coefficient (Wildman–Crippen LogP) is -0.0657. The molecule has 5 heteroatoms. The van der Waals surface area contributed by atoms with Gasteiger partial charge in [-0.3, -0.25) is 0 Å². The summed E-state index contributed by atoms with van der Waals surface area (Å²) in [5.41, 5.74) is 0. The second-order valence-corrected chi connectivity index (χ2v) is 2.34. The van der Waals surface area contributed by atoms with Crippen molar-refractivity contribution >= 4 is 0 Å². The topological polar surface area (TPSA) is 57.2 Å². The molecule has 0 aliphatic rings. The molecule has 0 aromatic carbocycles. The maximum atomic E-state index is 9.65. The van der Waals surface area contributed by atoms with Gasteiger partial charge in [-0.2, -0.15) is 0 Å². The van der Waals surface area contributed by atoms with Crippen LogP contribution in [0.4, 0.5) is 0 Å². The fourth-order valence-corrected chi connectivity index (χ4v) is 0.795. The van der Waals surface area contributed by atoms with E-state index in [1.165, 1.54) is 35.4 Å². The lowest BCUT2D eigenvalue weighted by molar-refractivity contribution is -0.463. The Hall–Kier alpha value is -0.200. The van der Waals surface area contributed by atoms with Crippen LogP contribution < -0.4 is 0 Å². The largest absolute Gasteiger partial charge is 0.347 e. The minimum absolute atomic E-state index is 1.29. The van der Waals surface area contributed by atoms with Crippen LogP contribution in [-0.4, -0.2) is 45.3 Å². The van der Waals surface area contributed by atoms with Crippen molar-refractivity contribution in [2.75, 3.05) is 28.4 Å². The number of methoxy groups -OCH3 is 4. The quantitative estimate of drug-likeness (QED) is 0.600. The van der Waals surface area contributed by atoms with Crippen molar-refractivity contribution < 1.29 is 24.1 Å². The van der Waals surface area contributed by atoms with Gasteiger partial charge in [-0.1, -0.05) is 0 Å². The Kier molecular flexibility index (Phi) is 4.09. The van der Waals surface area contributed by atoms with E-state index in [2.05, 4.69) is 0 Å². The summed E-state index contributed by atoms with van der Waals surface area (Å²) in [7, 11) is 5.35. The van der Waals surface area contributed by atoms with Gasteiger partial charge in [-0.15, -0.1) is 0 Å². The van der Waals surface area contributed by atoms with Gasteiger partial charge in [-0.25, -0.2) is 0 Å². The first kappa shape index (κ1) is 11.8. The van der Waals surface area contributed by atoms with Crippen molar-refractivity contribution in [1.29, 1.82) is 0 Å². The Bertz CT molecular complexity index is 112. The van der Waals surface area contributed by atoms with E-state index in [9.17, 15) is 5.11 Å². The molecule has 74 valence electrons. The van der Waals surface area contributed by atoms with Gasteiger partial charge in [0.05, 0.1) is 0 Å². The van der Waals surface area contributed by atoms with Crippen LogP contribution in [0.5, 0.6) is 0 Å². The Labute approximate surface area is 72.2 Å². The fourth-order valence-electron chi connectivity index (χ4n) is 0.795. The van der Waals surface area contributed by atoms with Gasteiger partial charge in [0.1, 0.15) is 0 Å². The van der Waals surface area contributed by atoms with Gasteiger partial charge < -0.3 is 24.1 Å². The lowest BCUT2D eigenvalue weighted by atomic mass is 10.2. The van der Waals surface area contributed by atoms with E-state index in [0.717, 1.165) is 0 Å². The van der Waals surface area contributed by atoms with Crippen LogP contribution in [0.3, 0.4) is 0 Å². The van der Waals surface area contributed by atoms with Crippen molar-refractivity contribution in [1.82, 2.24) is 0 Å². The Morgan fingerprint density at radius 2 is 1.17 bits per heavy atom. The van der Waals surface area contributed by atoms with E-state index in [1.807, 2.05) is 0 Å². The van der Waals surface area contributed by atoms with E-state index in [4.69, 9.17) is 18.9 Å². The molecular formula is C7H16O5. The fraction of sp³-hybridized carbons (Fsp3) is 1.00. The molecule has 0 radical (unpaired) electrons. The molecule has 5 nitrogen and oxygen atoms in total. The summed E-state index contributed by atoms with van der Waals surface area (Å²) < 4.78 is 19.3. The molecule has 12 heavy (non-hydrogen) atoms. The first-order valence-corrected chi connectivity index (χ1v) is 3.42. The van der Waals surface area contributed by atoms with E-state index < -0.39 is 11.8 Å². The maximum absolute atomic E-state index is 9.65. The van der Waals surface area contributed by atoms with Crippen LogP contribution >= 0.6 is 0 Å². The highest BCUT2D eigenvalue weighted by Crippen LogP contribution is 2.27. The molecule has 0 rings (SSSR count). The number of aliphatic hydroxyl groups is 1. The van der Waals surface area contributed by atoms with Gasteiger partial charge in [0.25, 0.3) is 0 Å². The molecular weight excluding hydrogens is 164 g/mol. The van der Waals surface area contributed by atoms with Crippen LogP contribution in [0.15, 0.2) is 0 Å². The summed E-state index contributed by atoms with van der Waals surface area (Å²) in [6, 6.07) is 0. The molecule has 0 aliphatic heterocycles. The van der Waals surface area contributed by atoms with Gasteiger partial charge in [-0.05, 0) is 6.92 Å². The van der Waals surface area contributed by atoms with E-state index in [-0.39, 0.29) is 0 Å². The Balaban J connectivity index is 4.66. The molecule has 0 saturated carbocycles. The highest BCUT2D eigenvalue weighted by atomic mass is 16.9. The number of hydrogen-bond donors (Lipinski definition) is 1. The van der Waals surface area contributed by atoms with Crippen molar-refractivity contribution in [2.45, 2.75) is 18.7 Å². The third-order valence-corrected chi connectivity index (χ3v) is 1.91. The molecule has 0 aromatic rings. The van der Waals surface area contributed by atoms with Crippen LogP contribution in [-0.2, 0) is 18.9 Å². The summed E-state index contributed by atoms with van der Waals surface area (Å²) in [4.78, 5) is 0. The Morgan fingerprint density at radius 3 is 1.25 bits per heavy atom. The zero-order chi connectivity index (χ0) is 9.83. The molecule has 0 aromatic heterocycles. The summed E-state index contributed by atoms with van der Waals surface area (Å²) in [5.74, 6) is -3.26. The molecule has 0 saturated heterocycles. The van der Waals surface area contributed by atoms with Gasteiger partial charge in [0.2, 0.25) is 5.79 Å². The van der Waals surface area contributed by atoms with Gasteiger partial charge in [0, 0.05) is 28.4 Å². The van der Waals surface area contributed by atoms with Crippen molar-refractivity contribution in [3.05, 3.63) is 0 Å². The zero-order valence-electron chi connectivity index (χ0n) is 8.08. The number of hydrogen-bond acceptors (Lipinski definition) is 5. The van der Waals surface area contributed by atoms with E-state index in [1.54, 1.807) is 0 Å². The smallest absolute Gasteiger partial charge is 0.337 e. The van der Waals surface area contributed by atoms with Crippen LogP contribution in [0.25, 0.3) is 0 Å². The maximum Gasteiger partial charge on any atom is 0.337 e. The summed E-state index contributed by atoms with van der Waals surface area (Å²) in [6.45, 7) is 1.50. The summed E-state index contributed by atoms with van der Waals surface area (Å²) in [6.07, 6.45) is 0. The minimum Gasteiger partial charge on any atom is -0.347 e. The van der Waals surface area contributed by atoms with Crippen molar-refractivity contribution in [2.24, 2.45) is 0 Å². The average molecular weight is 180 g/mol.